The second-order valence-corrected chi connectivity index (χ2v) is 11.7. The molecule has 1 saturated heterocycles. The summed E-state index contributed by atoms with van der Waals surface area (Å²) < 4.78 is 35.4. The van der Waals surface area contributed by atoms with Gasteiger partial charge in [-0.05, 0) is 0 Å². The molecule has 1 N–H and O–H groups in total. The van der Waals surface area contributed by atoms with E-state index in [-0.39, 0.29) is 20.6 Å². The van der Waals surface area contributed by atoms with Crippen LogP contribution >= 0.6 is 0 Å². The molecule has 7 heteroatoms. The molecule has 27 heavy (non-hydrogen) atoms. The zero-order valence-electron chi connectivity index (χ0n) is 16.0. The number of ether oxygens (including phenoxy) is 1. The van der Waals surface area contributed by atoms with E-state index in [1.165, 1.54) is 12.8 Å². The van der Waals surface area contributed by atoms with E-state index >= 15 is 0 Å². The van der Waals surface area contributed by atoms with Crippen LogP contribution < -0.4 is 13.8 Å². The zero-order valence-corrected chi connectivity index (χ0v) is 18.7. The van der Waals surface area contributed by atoms with Crippen molar-refractivity contribution in [3.05, 3.63) is 48.0 Å². The van der Waals surface area contributed by atoms with Crippen LogP contribution in [0.15, 0.2) is 47.4 Å². The van der Waals surface area contributed by atoms with Crippen LogP contribution in [0.2, 0.25) is 4.71 Å². The molecular weight excluding hydrogens is 423 g/mol. The molecule has 145 valence electrons. The third kappa shape index (κ3) is 5.28. The third-order valence-electron chi connectivity index (χ3n) is 4.77. The fourth-order valence-electron chi connectivity index (χ4n) is 3.11. The Morgan fingerprint density at radius 1 is 1.11 bits per heavy atom. The van der Waals surface area contributed by atoms with Crippen molar-refractivity contribution in [1.29, 1.82) is 0 Å². The summed E-state index contributed by atoms with van der Waals surface area (Å²) in [6.45, 7) is 4.19. The van der Waals surface area contributed by atoms with Crippen molar-refractivity contribution in [2.24, 2.45) is 0 Å². The van der Waals surface area contributed by atoms with Crippen LogP contribution in [0.3, 0.4) is 0 Å². The molecule has 2 aromatic carbocycles. The summed E-state index contributed by atoms with van der Waals surface area (Å²) in [6.07, 6.45) is 2.39. The monoisotopic (exact) mass is 449 g/mol. The Kier molecular flexibility index (Phi) is 6.51. The van der Waals surface area contributed by atoms with E-state index in [1.54, 1.807) is 37.4 Å². The molecule has 1 aliphatic rings. The van der Waals surface area contributed by atoms with E-state index in [9.17, 15) is 8.42 Å². The van der Waals surface area contributed by atoms with Crippen molar-refractivity contribution in [1.82, 2.24) is 4.90 Å². The summed E-state index contributed by atoms with van der Waals surface area (Å²) in [4.78, 5) is 2.63. The quantitative estimate of drug-likeness (QED) is 0.689. The van der Waals surface area contributed by atoms with Gasteiger partial charge in [-0.3, -0.25) is 0 Å². The van der Waals surface area contributed by atoms with Crippen LogP contribution in [0.25, 0.3) is 0 Å². The van der Waals surface area contributed by atoms with Crippen LogP contribution in [-0.4, -0.2) is 56.3 Å². The van der Waals surface area contributed by atoms with Crippen molar-refractivity contribution in [3.8, 4) is 5.75 Å². The summed E-state index contributed by atoms with van der Waals surface area (Å²) in [5.74, 6) is 0.854. The van der Waals surface area contributed by atoms with Gasteiger partial charge in [-0.2, -0.15) is 0 Å². The van der Waals surface area contributed by atoms with Gasteiger partial charge in [0.05, 0.1) is 0 Å². The van der Waals surface area contributed by atoms with E-state index in [0.717, 1.165) is 28.8 Å². The van der Waals surface area contributed by atoms with Gasteiger partial charge in [0, 0.05) is 0 Å². The van der Waals surface area contributed by atoms with Crippen LogP contribution in [0, 0.1) is 6.92 Å². The molecule has 0 saturated carbocycles. The Balaban J connectivity index is 1.79. The molecule has 0 spiro atoms. The average Bonchev–Trinajstić information content (AvgIpc) is 2.64. The first-order chi connectivity index (χ1) is 12.9. The van der Waals surface area contributed by atoms with Crippen LogP contribution in [0.5, 0.6) is 5.75 Å². The first-order valence-electron chi connectivity index (χ1n) is 9.04. The van der Waals surface area contributed by atoms with Crippen LogP contribution in [0.4, 0.5) is 5.69 Å². The number of sulfonamides is 1. The summed E-state index contributed by atoms with van der Waals surface area (Å²) in [6, 6.07) is 12.5. The van der Waals surface area contributed by atoms with Crippen molar-refractivity contribution < 1.29 is 13.2 Å². The van der Waals surface area contributed by atoms with Crippen molar-refractivity contribution in [2.75, 3.05) is 32.0 Å². The van der Waals surface area contributed by atoms with Crippen molar-refractivity contribution in [2.45, 2.75) is 29.4 Å². The van der Waals surface area contributed by atoms with Crippen molar-refractivity contribution in [3.63, 3.8) is 0 Å². The molecule has 0 amide bonds. The topological polar surface area (TPSA) is 58.6 Å². The molecule has 0 aliphatic carbocycles. The Labute approximate surface area is 168 Å². The Morgan fingerprint density at radius 2 is 1.78 bits per heavy atom. The third-order valence-corrected chi connectivity index (χ3v) is 9.34. The first kappa shape index (κ1) is 20.2. The molecule has 0 aromatic heterocycles. The number of aryl methyl sites for hydroxylation is 1. The van der Waals surface area contributed by atoms with Crippen molar-refractivity contribution >= 4 is 35.8 Å². The van der Waals surface area contributed by atoms with Gasteiger partial charge in [-0.15, -0.1) is 0 Å². The van der Waals surface area contributed by atoms with Crippen LogP contribution in [0.1, 0.15) is 18.4 Å². The summed E-state index contributed by atoms with van der Waals surface area (Å²) >= 11 is -0.0781. The summed E-state index contributed by atoms with van der Waals surface area (Å²) in [5.41, 5.74) is 1.62. The predicted octanol–water partition coefficient (Wildman–Crippen LogP) is 2.65. The van der Waals surface area contributed by atoms with Gasteiger partial charge in [0.15, 0.2) is 0 Å². The van der Waals surface area contributed by atoms with Gasteiger partial charge in [0.1, 0.15) is 0 Å². The van der Waals surface area contributed by atoms with Gasteiger partial charge in [-0.1, -0.05) is 0 Å². The number of piperidine rings is 1. The number of nitrogens with zero attached hydrogens (tertiary/aromatic N) is 1. The number of nitrogens with one attached hydrogen (secondary N) is 1. The standard InChI is InChI=1S/C20H26AsN2O3S/c1-15-4-7-18(8-5-15)27(24,25)22-17-6-9-20(26-3)19(14-17)21-16-10-12-23(2)13-11-16/h4-9,14,16,22H,10-13H2,1-3H3. The van der Waals surface area contributed by atoms with Gasteiger partial charge in [0.2, 0.25) is 0 Å². The molecule has 0 unspecified atom stereocenters. The molecule has 0 atom stereocenters. The van der Waals surface area contributed by atoms with Gasteiger partial charge in [-0.25, -0.2) is 0 Å². The normalized spacial score (nSPS) is 16.7. The van der Waals surface area contributed by atoms with E-state index in [4.69, 9.17) is 4.74 Å². The van der Waals surface area contributed by atoms with Crippen LogP contribution in [-0.2, 0) is 10.0 Å². The van der Waals surface area contributed by atoms with Gasteiger partial charge >= 0.3 is 169 Å². The molecule has 1 heterocycles. The van der Waals surface area contributed by atoms with E-state index in [2.05, 4.69) is 16.7 Å². The second-order valence-electron chi connectivity index (χ2n) is 6.97. The fraction of sp³-hybridized carbons (Fsp3) is 0.400. The zero-order chi connectivity index (χ0) is 19.4. The van der Waals surface area contributed by atoms with E-state index in [0.29, 0.717) is 10.4 Å². The van der Waals surface area contributed by atoms with E-state index in [1.807, 2.05) is 19.1 Å². The number of hydrogen-bond donors (Lipinski definition) is 1. The SMILES string of the molecule is COc1ccc(NS(=O)(=O)c2ccc(C)cc2)cc1[As]C1CCN(C)CC1. The Hall–Kier alpha value is -1.49. The molecule has 1 aliphatic heterocycles. The minimum absolute atomic E-state index is 0.0781. The number of hydrogen-bond acceptors (Lipinski definition) is 4. The molecule has 1 radical (unpaired) electrons. The minimum atomic E-state index is -3.59. The molecular formula is C20H26AsN2O3S. The maximum atomic E-state index is 12.7. The summed E-state index contributed by atoms with van der Waals surface area (Å²) in [5, 5.41) is 0. The van der Waals surface area contributed by atoms with E-state index < -0.39 is 10.0 Å². The fourth-order valence-corrected chi connectivity index (χ4v) is 7.07. The number of anilines is 1. The number of benzene rings is 2. The molecule has 2 aromatic rings. The first-order valence-corrected chi connectivity index (χ1v) is 12.5. The molecule has 5 nitrogen and oxygen atoms in total. The average molecular weight is 449 g/mol. The summed E-state index contributed by atoms with van der Waals surface area (Å²) in [7, 11) is 0.238. The number of likely N-dealkylation sites (tertiary alicyclic amines) is 1. The Bertz CT molecular complexity index is 877. The van der Waals surface area contributed by atoms with Gasteiger partial charge < -0.3 is 0 Å². The number of rotatable bonds is 6. The number of methoxy groups -OCH3 is 1. The Morgan fingerprint density at radius 3 is 2.41 bits per heavy atom. The maximum absolute atomic E-state index is 12.7. The van der Waals surface area contributed by atoms with Gasteiger partial charge in [0.25, 0.3) is 0 Å². The molecule has 3 rings (SSSR count). The molecule has 1 fully saturated rings. The second kappa shape index (κ2) is 8.68. The molecule has 0 bridgehead atoms. The predicted molar refractivity (Wildman–Crippen MR) is 111 cm³/mol.